The molecule has 0 spiro atoms. The van der Waals surface area contributed by atoms with Crippen LogP contribution in [0.3, 0.4) is 0 Å². The SMILES string of the molecule is O=C1CC(c2cccs2)CC2=C1C(c1cc([N+](=O)[O-])ccc1O)c1c([nH]n(-c3ccccc3)c1=O)N2. The summed E-state index contributed by atoms with van der Waals surface area (Å²) in [5, 5.41) is 30.7. The van der Waals surface area contributed by atoms with Crippen LogP contribution >= 0.6 is 11.3 Å². The van der Waals surface area contributed by atoms with Gasteiger partial charge in [-0.15, -0.1) is 11.3 Å². The van der Waals surface area contributed by atoms with Crippen molar-refractivity contribution in [1.29, 1.82) is 0 Å². The molecule has 3 heterocycles. The molecule has 2 aromatic carbocycles. The van der Waals surface area contributed by atoms with E-state index in [2.05, 4.69) is 10.4 Å². The van der Waals surface area contributed by atoms with Crippen LogP contribution in [-0.2, 0) is 4.79 Å². The number of hydrogen-bond donors (Lipinski definition) is 3. The number of phenolic OH excluding ortho intramolecular Hbond substituents is 1. The Labute approximate surface area is 208 Å². The second kappa shape index (κ2) is 8.35. The molecule has 0 radical (unpaired) electrons. The molecule has 180 valence electrons. The fraction of sp³-hybridized carbons (Fsp3) is 0.154. The number of fused-ring (bicyclic) bond motifs is 1. The van der Waals surface area contributed by atoms with E-state index in [-0.39, 0.29) is 40.7 Å². The maximum absolute atomic E-state index is 13.7. The number of nitrogens with zero attached hydrogens (tertiary/aromatic N) is 2. The number of carbonyl (C=O) groups excluding carboxylic acids is 1. The minimum Gasteiger partial charge on any atom is -0.508 e. The Balaban J connectivity index is 1.57. The van der Waals surface area contributed by atoms with Crippen LogP contribution in [0.25, 0.3) is 5.69 Å². The van der Waals surface area contributed by atoms with Crippen LogP contribution in [-0.4, -0.2) is 25.6 Å². The number of allylic oxidation sites excluding steroid dienone is 2. The summed E-state index contributed by atoms with van der Waals surface area (Å²) in [5.41, 5.74) is 1.36. The van der Waals surface area contributed by atoms with Crippen LogP contribution in [0.4, 0.5) is 11.5 Å². The van der Waals surface area contributed by atoms with Gasteiger partial charge in [0, 0.05) is 46.2 Å². The number of anilines is 1. The van der Waals surface area contributed by atoms with Gasteiger partial charge < -0.3 is 10.4 Å². The first-order chi connectivity index (χ1) is 17.4. The van der Waals surface area contributed by atoms with Gasteiger partial charge in [0.05, 0.1) is 22.1 Å². The molecule has 10 heteroatoms. The average Bonchev–Trinajstić information content (AvgIpc) is 3.52. The number of nitrogens with one attached hydrogen (secondary N) is 2. The Hall–Kier alpha value is -4.44. The van der Waals surface area contributed by atoms with E-state index in [4.69, 9.17) is 0 Å². The van der Waals surface area contributed by atoms with Crippen LogP contribution in [0.15, 0.2) is 82.1 Å². The number of nitro groups is 1. The van der Waals surface area contributed by atoms with Gasteiger partial charge in [0.15, 0.2) is 5.78 Å². The zero-order valence-corrected chi connectivity index (χ0v) is 19.6. The number of carbonyl (C=O) groups is 1. The maximum atomic E-state index is 13.7. The molecule has 0 fully saturated rings. The molecular weight excluding hydrogens is 480 g/mol. The number of benzene rings is 2. The van der Waals surface area contributed by atoms with E-state index in [0.717, 1.165) is 4.88 Å². The highest BCUT2D eigenvalue weighted by atomic mass is 32.1. The van der Waals surface area contributed by atoms with Crippen LogP contribution in [0.5, 0.6) is 5.75 Å². The van der Waals surface area contributed by atoms with Crippen molar-refractivity contribution in [3.63, 3.8) is 0 Å². The van der Waals surface area contributed by atoms with Gasteiger partial charge in [-0.2, -0.15) is 0 Å². The second-order valence-corrected chi connectivity index (χ2v) is 9.85. The largest absolute Gasteiger partial charge is 0.508 e. The average molecular weight is 501 g/mol. The van der Waals surface area contributed by atoms with Crippen molar-refractivity contribution in [3.05, 3.63) is 114 Å². The predicted molar refractivity (Wildman–Crippen MR) is 135 cm³/mol. The van der Waals surface area contributed by atoms with E-state index in [9.17, 15) is 24.8 Å². The third-order valence-corrected chi connectivity index (χ3v) is 7.82. The fourth-order valence-corrected chi connectivity index (χ4v) is 6.00. The number of nitro benzene ring substituents is 1. The molecule has 2 aromatic heterocycles. The summed E-state index contributed by atoms with van der Waals surface area (Å²) >= 11 is 1.59. The summed E-state index contributed by atoms with van der Waals surface area (Å²) in [6.07, 6.45) is 0.783. The summed E-state index contributed by atoms with van der Waals surface area (Å²) in [6.45, 7) is 0. The van der Waals surface area contributed by atoms with E-state index in [1.807, 2.05) is 23.6 Å². The second-order valence-electron chi connectivity index (χ2n) is 8.87. The fourth-order valence-electron chi connectivity index (χ4n) is 5.17. The number of aromatic nitrogens is 2. The molecule has 1 aliphatic heterocycles. The van der Waals surface area contributed by atoms with Gasteiger partial charge in [0.25, 0.3) is 11.2 Å². The Morgan fingerprint density at radius 1 is 1.06 bits per heavy atom. The number of rotatable bonds is 4. The van der Waals surface area contributed by atoms with E-state index in [1.54, 1.807) is 35.6 Å². The molecule has 0 saturated heterocycles. The quantitative estimate of drug-likeness (QED) is 0.273. The summed E-state index contributed by atoms with van der Waals surface area (Å²) in [7, 11) is 0. The van der Waals surface area contributed by atoms with Crippen molar-refractivity contribution >= 4 is 28.6 Å². The Morgan fingerprint density at radius 3 is 2.58 bits per heavy atom. The molecule has 1 aliphatic carbocycles. The molecule has 0 bridgehead atoms. The molecule has 3 N–H and O–H groups in total. The van der Waals surface area contributed by atoms with Crippen LogP contribution in [0.2, 0.25) is 0 Å². The van der Waals surface area contributed by atoms with E-state index in [0.29, 0.717) is 29.2 Å². The molecule has 2 aliphatic rings. The molecule has 0 saturated carbocycles. The number of aromatic hydroxyl groups is 1. The van der Waals surface area contributed by atoms with Gasteiger partial charge in [-0.3, -0.25) is 24.8 Å². The molecule has 2 unspecified atom stereocenters. The van der Waals surface area contributed by atoms with Gasteiger partial charge in [0.2, 0.25) is 0 Å². The Kier molecular flexibility index (Phi) is 5.11. The number of Topliss-reactive ketones (excluding diaryl/α,β-unsaturated/α-hetero) is 1. The molecular formula is C26H20N4O5S. The maximum Gasteiger partial charge on any atom is 0.277 e. The summed E-state index contributed by atoms with van der Waals surface area (Å²) in [4.78, 5) is 39.4. The van der Waals surface area contributed by atoms with E-state index in [1.165, 1.54) is 22.9 Å². The highest BCUT2D eigenvalue weighted by Gasteiger charge is 2.42. The Morgan fingerprint density at radius 2 is 1.86 bits per heavy atom. The first-order valence-corrected chi connectivity index (χ1v) is 12.2. The summed E-state index contributed by atoms with van der Waals surface area (Å²) < 4.78 is 1.37. The topological polar surface area (TPSA) is 130 Å². The number of aromatic amines is 1. The van der Waals surface area contributed by atoms with Crippen molar-refractivity contribution in [2.75, 3.05) is 5.32 Å². The summed E-state index contributed by atoms with van der Waals surface area (Å²) in [6, 6.07) is 16.6. The first kappa shape index (κ1) is 22.1. The lowest BCUT2D eigenvalue weighted by atomic mass is 9.73. The van der Waals surface area contributed by atoms with Crippen LogP contribution < -0.4 is 10.9 Å². The monoisotopic (exact) mass is 500 g/mol. The normalized spacial score (nSPS) is 18.9. The highest BCUT2D eigenvalue weighted by Crippen LogP contribution is 2.49. The van der Waals surface area contributed by atoms with Crippen molar-refractivity contribution in [3.8, 4) is 11.4 Å². The third-order valence-electron chi connectivity index (χ3n) is 6.78. The standard InChI is InChI=1S/C26H20N4O5S/c31-19-9-8-16(30(34)35)13-17(19)22-23-18(11-14(12-20(23)32)21-7-4-10-36-21)27-25-24(22)26(33)29(28-25)15-5-2-1-3-6-15/h1-10,13-14,22,27-28,31H,11-12H2. The van der Waals surface area contributed by atoms with Gasteiger partial charge in [-0.05, 0) is 36.1 Å². The minimum atomic E-state index is -0.957. The minimum absolute atomic E-state index is 0.0208. The Bertz CT molecular complexity index is 1600. The zero-order valence-electron chi connectivity index (χ0n) is 18.8. The number of thiophene rings is 1. The molecule has 36 heavy (non-hydrogen) atoms. The van der Waals surface area contributed by atoms with E-state index < -0.39 is 16.4 Å². The predicted octanol–water partition coefficient (Wildman–Crippen LogP) is 4.80. The zero-order chi connectivity index (χ0) is 25.0. The first-order valence-electron chi connectivity index (χ1n) is 11.4. The number of H-pyrrole nitrogens is 1. The molecule has 0 amide bonds. The molecule has 9 nitrogen and oxygen atoms in total. The lowest BCUT2D eigenvalue weighted by Gasteiger charge is -2.34. The third kappa shape index (κ3) is 3.45. The van der Waals surface area contributed by atoms with Gasteiger partial charge in [0.1, 0.15) is 11.6 Å². The van der Waals surface area contributed by atoms with Crippen LogP contribution in [0.1, 0.15) is 40.7 Å². The number of hydrogen-bond acceptors (Lipinski definition) is 7. The van der Waals surface area contributed by atoms with E-state index >= 15 is 0 Å². The van der Waals surface area contributed by atoms with Crippen LogP contribution in [0, 0.1) is 10.1 Å². The van der Waals surface area contributed by atoms with Gasteiger partial charge in [-0.25, -0.2) is 4.68 Å². The van der Waals surface area contributed by atoms with Crippen molar-refractivity contribution in [2.45, 2.75) is 24.7 Å². The lowest BCUT2D eigenvalue weighted by Crippen LogP contribution is -2.31. The van der Waals surface area contributed by atoms with Crippen molar-refractivity contribution < 1.29 is 14.8 Å². The smallest absolute Gasteiger partial charge is 0.277 e. The summed E-state index contributed by atoms with van der Waals surface area (Å²) in [5.74, 6) is -0.951. The molecule has 2 atom stereocenters. The van der Waals surface area contributed by atoms with Gasteiger partial charge in [-0.1, -0.05) is 24.3 Å². The van der Waals surface area contributed by atoms with Crippen molar-refractivity contribution in [1.82, 2.24) is 9.78 Å². The highest BCUT2D eigenvalue weighted by molar-refractivity contribution is 7.10. The number of phenols is 1. The lowest BCUT2D eigenvalue weighted by molar-refractivity contribution is -0.384. The number of non-ortho nitro benzene ring substituents is 1. The number of para-hydroxylation sites is 1. The van der Waals surface area contributed by atoms with Gasteiger partial charge >= 0.3 is 0 Å². The number of ketones is 1. The van der Waals surface area contributed by atoms with Crippen molar-refractivity contribution in [2.24, 2.45) is 0 Å². The molecule has 6 rings (SSSR count). The molecule has 4 aromatic rings.